The first-order valence-electron chi connectivity index (χ1n) is 5.02. The Hall–Kier alpha value is -0.990. The number of rotatable bonds is 4. The van der Waals surface area contributed by atoms with E-state index in [4.69, 9.17) is 5.73 Å². The van der Waals surface area contributed by atoms with Crippen molar-refractivity contribution in [2.24, 2.45) is 5.73 Å². The molecule has 0 aliphatic carbocycles. The van der Waals surface area contributed by atoms with E-state index in [1.165, 1.54) is 11.8 Å². The second-order valence-corrected chi connectivity index (χ2v) is 4.98. The van der Waals surface area contributed by atoms with Gasteiger partial charge in [0, 0.05) is 18.9 Å². The number of hydrogen-bond acceptors (Lipinski definition) is 6. The number of nitrogens with two attached hydrogens (primary N) is 1. The van der Waals surface area contributed by atoms with E-state index in [1.54, 1.807) is 12.4 Å². The highest BCUT2D eigenvalue weighted by atomic mass is 79.9. The summed E-state index contributed by atoms with van der Waals surface area (Å²) in [6, 6.07) is 0. The predicted molar refractivity (Wildman–Crippen MR) is 67.4 cm³/mol. The molecule has 0 amide bonds. The Morgan fingerprint density at radius 2 is 2.06 bits per heavy atom. The molecule has 0 fully saturated rings. The molecule has 0 atom stereocenters. The molecule has 0 aliphatic rings. The molecule has 0 saturated heterocycles. The maximum absolute atomic E-state index is 5.58. The first-order chi connectivity index (χ1) is 8.24. The normalized spacial score (nSPS) is 10.8. The Bertz CT molecular complexity index is 497. The molecule has 6 nitrogen and oxygen atoms in total. The molecular weight excluding hydrogens is 304 g/mol. The molecule has 0 aromatic carbocycles. The summed E-state index contributed by atoms with van der Waals surface area (Å²) in [4.78, 5) is 8.35. The molecule has 0 saturated carbocycles. The van der Waals surface area contributed by atoms with Gasteiger partial charge in [0.1, 0.15) is 5.82 Å². The third kappa shape index (κ3) is 2.82. The van der Waals surface area contributed by atoms with Crippen molar-refractivity contribution in [3.05, 3.63) is 22.7 Å². The smallest absolute Gasteiger partial charge is 0.199 e. The zero-order chi connectivity index (χ0) is 12.3. The van der Waals surface area contributed by atoms with Gasteiger partial charge >= 0.3 is 0 Å². The predicted octanol–water partition coefficient (Wildman–Crippen LogP) is 1.46. The second kappa shape index (κ2) is 5.56. The fraction of sp³-hybridized carbons (Fsp3) is 0.333. The molecule has 2 N–H and O–H groups in total. The first kappa shape index (κ1) is 12.5. The maximum Gasteiger partial charge on any atom is 0.199 e. The minimum absolute atomic E-state index is 0.378. The van der Waals surface area contributed by atoms with Gasteiger partial charge in [0.25, 0.3) is 0 Å². The Morgan fingerprint density at radius 3 is 2.65 bits per heavy atom. The molecule has 0 unspecified atom stereocenters. The van der Waals surface area contributed by atoms with Crippen molar-refractivity contribution < 1.29 is 0 Å². The molecule has 0 radical (unpaired) electrons. The van der Waals surface area contributed by atoms with E-state index >= 15 is 0 Å². The lowest BCUT2D eigenvalue weighted by Crippen LogP contribution is -2.08. The van der Waals surface area contributed by atoms with Gasteiger partial charge in [-0.15, -0.1) is 10.2 Å². The molecule has 0 aliphatic heterocycles. The first-order valence-corrected chi connectivity index (χ1v) is 6.63. The van der Waals surface area contributed by atoms with Gasteiger partial charge in [-0.3, -0.25) is 0 Å². The van der Waals surface area contributed by atoms with Gasteiger partial charge in [0.15, 0.2) is 10.3 Å². The zero-order valence-corrected chi connectivity index (χ0v) is 11.6. The van der Waals surface area contributed by atoms with Gasteiger partial charge in [-0.1, -0.05) is 0 Å². The molecule has 2 heterocycles. The van der Waals surface area contributed by atoms with Crippen molar-refractivity contribution in [3.63, 3.8) is 0 Å². The summed E-state index contributed by atoms with van der Waals surface area (Å²) in [6.07, 6.45) is 3.40. The second-order valence-electron chi connectivity index (χ2n) is 3.13. The van der Waals surface area contributed by atoms with Crippen LogP contribution in [0.5, 0.6) is 0 Å². The summed E-state index contributed by atoms with van der Waals surface area (Å²) in [6.45, 7) is 3.18. The van der Waals surface area contributed by atoms with Crippen LogP contribution in [0.4, 0.5) is 0 Å². The lowest BCUT2D eigenvalue weighted by Gasteiger charge is -2.04. The highest BCUT2D eigenvalue weighted by molar-refractivity contribution is 9.10. The van der Waals surface area contributed by atoms with E-state index in [2.05, 4.69) is 36.1 Å². The number of aromatic nitrogens is 5. The van der Waals surface area contributed by atoms with Gasteiger partial charge in [-0.05, 0) is 34.6 Å². The Labute approximate surface area is 111 Å². The highest BCUT2D eigenvalue weighted by Crippen LogP contribution is 2.23. The molecule has 8 heteroatoms. The molecule has 2 aromatic heterocycles. The van der Waals surface area contributed by atoms with Gasteiger partial charge in [0.2, 0.25) is 0 Å². The minimum Gasteiger partial charge on any atom is -0.324 e. The minimum atomic E-state index is 0.378. The summed E-state index contributed by atoms with van der Waals surface area (Å²) in [5.74, 6) is 0.770. The number of halogens is 1. The Balaban J connectivity index is 2.23. The molecule has 17 heavy (non-hydrogen) atoms. The third-order valence-electron chi connectivity index (χ3n) is 2.07. The van der Waals surface area contributed by atoms with Gasteiger partial charge in [-0.2, -0.15) is 0 Å². The van der Waals surface area contributed by atoms with Crippen LogP contribution in [0.3, 0.4) is 0 Å². The van der Waals surface area contributed by atoms with Crippen LogP contribution in [0.2, 0.25) is 0 Å². The maximum atomic E-state index is 5.58. The van der Waals surface area contributed by atoms with Crippen LogP contribution in [0.1, 0.15) is 12.7 Å². The van der Waals surface area contributed by atoms with Crippen LogP contribution in [-0.4, -0.2) is 24.7 Å². The standard InChI is InChI=1S/C9H11BrN6S/c1-2-16-7(3-11)14-15-9(16)17-8-12-4-6(10)5-13-8/h4-5H,2-3,11H2,1H3. The zero-order valence-electron chi connectivity index (χ0n) is 9.17. The Kier molecular flexibility index (Phi) is 4.08. The number of hydrogen-bond donors (Lipinski definition) is 1. The van der Waals surface area contributed by atoms with Crippen molar-refractivity contribution in [3.8, 4) is 0 Å². The Morgan fingerprint density at radius 1 is 1.35 bits per heavy atom. The van der Waals surface area contributed by atoms with E-state index in [1.807, 2.05) is 11.5 Å². The fourth-order valence-corrected chi connectivity index (χ4v) is 2.30. The summed E-state index contributed by atoms with van der Waals surface area (Å²) < 4.78 is 2.80. The van der Waals surface area contributed by atoms with Crippen molar-refractivity contribution in [2.75, 3.05) is 0 Å². The molecule has 90 valence electrons. The monoisotopic (exact) mass is 314 g/mol. The van der Waals surface area contributed by atoms with Crippen molar-refractivity contribution >= 4 is 27.7 Å². The van der Waals surface area contributed by atoms with Crippen LogP contribution >= 0.6 is 27.7 Å². The largest absolute Gasteiger partial charge is 0.324 e. The van der Waals surface area contributed by atoms with Gasteiger partial charge in [0.05, 0.1) is 11.0 Å². The summed E-state index contributed by atoms with van der Waals surface area (Å²) >= 11 is 4.66. The van der Waals surface area contributed by atoms with Crippen molar-refractivity contribution in [2.45, 2.75) is 30.3 Å². The molecule has 0 spiro atoms. The highest BCUT2D eigenvalue weighted by Gasteiger charge is 2.11. The van der Waals surface area contributed by atoms with Crippen LogP contribution in [0.15, 0.2) is 27.2 Å². The molecule has 2 rings (SSSR count). The fourth-order valence-electron chi connectivity index (χ4n) is 1.30. The van der Waals surface area contributed by atoms with Crippen LogP contribution in [0, 0.1) is 0 Å². The third-order valence-corrected chi connectivity index (χ3v) is 3.36. The van der Waals surface area contributed by atoms with E-state index in [0.717, 1.165) is 22.0 Å². The SMILES string of the molecule is CCn1c(CN)nnc1Sc1ncc(Br)cn1. The molecule has 0 bridgehead atoms. The van der Waals surface area contributed by atoms with Gasteiger partial charge in [-0.25, -0.2) is 9.97 Å². The summed E-state index contributed by atoms with van der Waals surface area (Å²) in [5.41, 5.74) is 5.58. The number of nitrogens with zero attached hydrogens (tertiary/aromatic N) is 5. The van der Waals surface area contributed by atoms with Gasteiger partial charge < -0.3 is 10.3 Å². The quantitative estimate of drug-likeness (QED) is 0.860. The lowest BCUT2D eigenvalue weighted by atomic mass is 10.6. The van der Waals surface area contributed by atoms with E-state index in [0.29, 0.717) is 11.7 Å². The van der Waals surface area contributed by atoms with Crippen molar-refractivity contribution in [1.82, 2.24) is 24.7 Å². The topological polar surface area (TPSA) is 82.5 Å². The molecule has 2 aromatic rings. The average Bonchev–Trinajstić information content (AvgIpc) is 2.74. The average molecular weight is 315 g/mol. The van der Waals surface area contributed by atoms with E-state index in [-0.39, 0.29) is 0 Å². The van der Waals surface area contributed by atoms with Crippen LogP contribution < -0.4 is 5.73 Å². The van der Waals surface area contributed by atoms with Crippen LogP contribution in [0.25, 0.3) is 0 Å². The lowest BCUT2D eigenvalue weighted by molar-refractivity contribution is 0.642. The van der Waals surface area contributed by atoms with Crippen molar-refractivity contribution in [1.29, 1.82) is 0 Å². The molecular formula is C9H11BrN6S. The summed E-state index contributed by atoms with van der Waals surface area (Å²) in [5, 5.41) is 9.50. The van der Waals surface area contributed by atoms with E-state index in [9.17, 15) is 0 Å². The summed E-state index contributed by atoms with van der Waals surface area (Å²) in [7, 11) is 0. The van der Waals surface area contributed by atoms with E-state index < -0.39 is 0 Å². The van der Waals surface area contributed by atoms with Crippen LogP contribution in [-0.2, 0) is 13.1 Å².